The van der Waals surface area contributed by atoms with Crippen LogP contribution in [0.5, 0.6) is 5.75 Å². The third-order valence-corrected chi connectivity index (χ3v) is 6.54. The summed E-state index contributed by atoms with van der Waals surface area (Å²) in [5.74, 6) is 0.229. The number of amides is 1. The maximum absolute atomic E-state index is 12.8. The molecule has 0 spiro atoms. The summed E-state index contributed by atoms with van der Waals surface area (Å²) in [6.45, 7) is 2.92. The van der Waals surface area contributed by atoms with Crippen LogP contribution in [0.25, 0.3) is 0 Å². The van der Waals surface area contributed by atoms with E-state index in [9.17, 15) is 13.2 Å². The molecule has 3 aromatic rings. The van der Waals surface area contributed by atoms with Gasteiger partial charge in [0.15, 0.2) is 0 Å². The first-order valence-corrected chi connectivity index (χ1v) is 12.6. The normalized spacial score (nSPS) is 11.2. The van der Waals surface area contributed by atoms with Crippen molar-refractivity contribution in [1.29, 1.82) is 0 Å². The summed E-state index contributed by atoms with van der Waals surface area (Å²) < 4.78 is 33.5. The molecule has 1 amide bonds. The number of unbranched alkanes of at least 4 members (excludes halogenated alkanes) is 3. The molecule has 3 aromatic carbocycles. The molecule has 0 aliphatic rings. The standard InChI is InChI=1S/C26H30N2O4S/c1-2-3-4-10-19-32-25-14-9-8-13-24(25)26(29)28-22-15-17-23(18-16-22)33(30,31)27-20-21-11-6-5-7-12-21/h5-9,11-18,27H,2-4,10,19-20H2,1H3,(H,28,29). The number of carbonyl (C=O) groups is 1. The fourth-order valence-electron chi connectivity index (χ4n) is 3.26. The number of benzene rings is 3. The maximum atomic E-state index is 12.8. The van der Waals surface area contributed by atoms with E-state index in [1.807, 2.05) is 36.4 Å². The first-order valence-electron chi connectivity index (χ1n) is 11.2. The van der Waals surface area contributed by atoms with Gasteiger partial charge in [-0.3, -0.25) is 4.79 Å². The van der Waals surface area contributed by atoms with Crippen molar-refractivity contribution in [3.05, 3.63) is 90.0 Å². The molecule has 0 saturated heterocycles. The van der Waals surface area contributed by atoms with E-state index >= 15 is 0 Å². The van der Waals surface area contributed by atoms with Crippen molar-refractivity contribution in [1.82, 2.24) is 4.72 Å². The molecule has 174 valence electrons. The number of hydrogen-bond donors (Lipinski definition) is 2. The van der Waals surface area contributed by atoms with E-state index in [0.29, 0.717) is 23.6 Å². The van der Waals surface area contributed by atoms with Gasteiger partial charge in [0.1, 0.15) is 5.75 Å². The summed E-state index contributed by atoms with van der Waals surface area (Å²) in [5, 5.41) is 2.81. The highest BCUT2D eigenvalue weighted by Crippen LogP contribution is 2.21. The largest absolute Gasteiger partial charge is 0.493 e. The van der Waals surface area contributed by atoms with Crippen molar-refractivity contribution in [2.24, 2.45) is 0 Å². The highest BCUT2D eigenvalue weighted by molar-refractivity contribution is 7.89. The van der Waals surface area contributed by atoms with Gasteiger partial charge in [0, 0.05) is 12.2 Å². The van der Waals surface area contributed by atoms with Crippen LogP contribution in [0.1, 0.15) is 48.5 Å². The number of carbonyl (C=O) groups excluding carboxylic acids is 1. The van der Waals surface area contributed by atoms with Crippen LogP contribution in [0.4, 0.5) is 5.69 Å². The second-order valence-electron chi connectivity index (χ2n) is 7.69. The molecule has 3 rings (SSSR count). The molecular weight excluding hydrogens is 436 g/mol. The van der Waals surface area contributed by atoms with Crippen molar-refractivity contribution in [2.75, 3.05) is 11.9 Å². The van der Waals surface area contributed by atoms with E-state index in [4.69, 9.17) is 4.74 Å². The Kier molecular flexibility index (Phi) is 9.04. The van der Waals surface area contributed by atoms with E-state index in [0.717, 1.165) is 24.8 Å². The fourth-order valence-corrected chi connectivity index (χ4v) is 4.28. The predicted octanol–water partition coefficient (Wildman–Crippen LogP) is 5.38. The molecule has 7 heteroatoms. The van der Waals surface area contributed by atoms with Crippen LogP contribution in [-0.2, 0) is 16.6 Å². The lowest BCUT2D eigenvalue weighted by Gasteiger charge is -2.12. The quantitative estimate of drug-likeness (QED) is 0.351. The van der Waals surface area contributed by atoms with Gasteiger partial charge >= 0.3 is 0 Å². The van der Waals surface area contributed by atoms with Gasteiger partial charge in [-0.15, -0.1) is 0 Å². The molecule has 2 N–H and O–H groups in total. The van der Waals surface area contributed by atoms with E-state index in [1.165, 1.54) is 18.6 Å². The van der Waals surface area contributed by atoms with Crippen molar-refractivity contribution in [3.63, 3.8) is 0 Å². The molecule has 0 aliphatic heterocycles. The first-order chi connectivity index (χ1) is 16.0. The minimum atomic E-state index is -3.66. The number of ether oxygens (including phenoxy) is 1. The zero-order valence-corrected chi connectivity index (χ0v) is 19.6. The second kappa shape index (κ2) is 12.2. The Morgan fingerprint density at radius 2 is 1.55 bits per heavy atom. The zero-order valence-electron chi connectivity index (χ0n) is 18.8. The Morgan fingerprint density at radius 3 is 2.27 bits per heavy atom. The van der Waals surface area contributed by atoms with E-state index in [-0.39, 0.29) is 17.3 Å². The third-order valence-electron chi connectivity index (χ3n) is 5.12. The lowest BCUT2D eigenvalue weighted by Crippen LogP contribution is -2.23. The topological polar surface area (TPSA) is 84.5 Å². The number of para-hydroxylation sites is 1. The Bertz CT molecular complexity index is 1130. The number of nitrogens with one attached hydrogen (secondary N) is 2. The van der Waals surface area contributed by atoms with E-state index in [2.05, 4.69) is 17.0 Å². The summed E-state index contributed by atoms with van der Waals surface area (Å²) >= 11 is 0. The van der Waals surface area contributed by atoms with Gasteiger partial charge in [-0.25, -0.2) is 13.1 Å². The molecule has 6 nitrogen and oxygen atoms in total. The van der Waals surface area contributed by atoms with Crippen LogP contribution < -0.4 is 14.8 Å². The molecule has 0 radical (unpaired) electrons. The van der Waals surface area contributed by atoms with Gasteiger partial charge in [0.05, 0.1) is 17.1 Å². The Morgan fingerprint density at radius 1 is 0.848 bits per heavy atom. The van der Waals surface area contributed by atoms with E-state index < -0.39 is 10.0 Å². The van der Waals surface area contributed by atoms with Crippen molar-refractivity contribution in [3.8, 4) is 5.75 Å². The summed E-state index contributed by atoms with van der Waals surface area (Å²) in [4.78, 5) is 12.9. The van der Waals surface area contributed by atoms with Crippen LogP contribution in [0, 0.1) is 0 Å². The Labute approximate surface area is 196 Å². The maximum Gasteiger partial charge on any atom is 0.259 e. The van der Waals surface area contributed by atoms with Gasteiger partial charge in [0.2, 0.25) is 10.0 Å². The number of hydrogen-bond acceptors (Lipinski definition) is 4. The molecule has 0 bridgehead atoms. The lowest BCUT2D eigenvalue weighted by atomic mass is 10.1. The van der Waals surface area contributed by atoms with Crippen LogP contribution in [0.15, 0.2) is 83.8 Å². The predicted molar refractivity (Wildman–Crippen MR) is 131 cm³/mol. The molecule has 0 atom stereocenters. The third kappa shape index (κ3) is 7.44. The average molecular weight is 467 g/mol. The molecule has 0 fully saturated rings. The second-order valence-corrected chi connectivity index (χ2v) is 9.46. The van der Waals surface area contributed by atoms with Crippen molar-refractivity contribution < 1.29 is 17.9 Å². The molecule has 0 heterocycles. The Balaban J connectivity index is 1.60. The first kappa shape index (κ1) is 24.5. The highest BCUT2D eigenvalue weighted by atomic mass is 32.2. The van der Waals surface area contributed by atoms with Crippen molar-refractivity contribution >= 4 is 21.6 Å². The lowest BCUT2D eigenvalue weighted by molar-refractivity contribution is 0.102. The average Bonchev–Trinajstić information content (AvgIpc) is 2.84. The molecule has 0 aliphatic carbocycles. The van der Waals surface area contributed by atoms with Gasteiger partial charge < -0.3 is 10.1 Å². The summed E-state index contributed by atoms with van der Waals surface area (Å²) in [7, 11) is -3.66. The zero-order chi connectivity index (χ0) is 23.5. The SMILES string of the molecule is CCCCCCOc1ccccc1C(=O)Nc1ccc(S(=O)(=O)NCc2ccccc2)cc1. The minimum absolute atomic E-state index is 0.132. The fraction of sp³-hybridized carbons (Fsp3) is 0.269. The molecule has 0 unspecified atom stereocenters. The summed E-state index contributed by atoms with van der Waals surface area (Å²) in [6.07, 6.45) is 4.36. The monoisotopic (exact) mass is 466 g/mol. The molecule has 33 heavy (non-hydrogen) atoms. The molecule has 0 saturated carbocycles. The van der Waals surface area contributed by atoms with Crippen LogP contribution in [0.3, 0.4) is 0 Å². The van der Waals surface area contributed by atoms with Crippen LogP contribution >= 0.6 is 0 Å². The summed E-state index contributed by atoms with van der Waals surface area (Å²) in [6, 6.07) is 22.5. The number of anilines is 1. The van der Waals surface area contributed by atoms with Gasteiger partial charge in [-0.1, -0.05) is 68.7 Å². The highest BCUT2D eigenvalue weighted by Gasteiger charge is 2.15. The van der Waals surface area contributed by atoms with Gasteiger partial charge in [-0.05, 0) is 48.4 Å². The smallest absolute Gasteiger partial charge is 0.259 e. The summed E-state index contributed by atoms with van der Waals surface area (Å²) in [5.41, 5.74) is 1.81. The number of rotatable bonds is 12. The van der Waals surface area contributed by atoms with Gasteiger partial charge in [-0.2, -0.15) is 0 Å². The molecular formula is C26H30N2O4S. The Hall–Kier alpha value is -3.16. The molecule has 0 aromatic heterocycles. The van der Waals surface area contributed by atoms with Crippen LogP contribution in [-0.4, -0.2) is 20.9 Å². The van der Waals surface area contributed by atoms with Crippen molar-refractivity contribution in [2.45, 2.75) is 44.0 Å². The van der Waals surface area contributed by atoms with E-state index in [1.54, 1.807) is 30.3 Å². The number of sulfonamides is 1. The van der Waals surface area contributed by atoms with Gasteiger partial charge in [0.25, 0.3) is 5.91 Å². The minimum Gasteiger partial charge on any atom is -0.493 e. The van der Waals surface area contributed by atoms with Crippen LogP contribution in [0.2, 0.25) is 0 Å².